The highest BCUT2D eigenvalue weighted by atomic mass is 79.9. The minimum atomic E-state index is -4.52. The Morgan fingerprint density at radius 1 is 0.791 bits per heavy atom. The molecule has 2 atom stereocenters. The normalized spacial score (nSPS) is 16.3. The molecule has 356 valence electrons. The van der Waals surface area contributed by atoms with Gasteiger partial charge in [0.05, 0.1) is 64.8 Å². The molecule has 1 saturated heterocycles. The number of methoxy groups -OCH3 is 2. The number of ketones is 1. The largest absolute Gasteiger partial charge is 0.467 e. The fourth-order valence-electron chi connectivity index (χ4n) is 7.38. The summed E-state index contributed by atoms with van der Waals surface area (Å²) in [5.41, 5.74) is 2.08. The first-order chi connectivity index (χ1) is 31.5. The van der Waals surface area contributed by atoms with E-state index in [2.05, 4.69) is 41.0 Å². The summed E-state index contributed by atoms with van der Waals surface area (Å²) in [5.74, 6) is -0.200. The fourth-order valence-corrected chi connectivity index (χ4v) is 8.31. The molecular formula is C47H49BrF6N8O5. The maximum atomic E-state index is 13.7. The molecule has 1 aliphatic heterocycles. The van der Waals surface area contributed by atoms with E-state index in [1.165, 1.54) is 55.0 Å². The number of carbonyl (C=O) groups excluding carboxylic acids is 1. The molecule has 0 saturated carbocycles. The van der Waals surface area contributed by atoms with Crippen molar-refractivity contribution >= 4 is 27.8 Å². The van der Waals surface area contributed by atoms with Gasteiger partial charge in [0.25, 0.3) is 0 Å². The van der Waals surface area contributed by atoms with E-state index in [9.17, 15) is 31.1 Å². The summed E-state index contributed by atoms with van der Waals surface area (Å²) >= 11 is 3.51. The number of aromatic nitrogens is 8. The Kier molecular flexibility index (Phi) is 15.4. The third-order valence-corrected chi connectivity index (χ3v) is 11.0. The zero-order valence-corrected chi connectivity index (χ0v) is 39.7. The molecule has 7 rings (SSSR count). The Labute approximate surface area is 391 Å². The molecule has 13 nitrogen and oxygen atoms in total. The van der Waals surface area contributed by atoms with Crippen molar-refractivity contribution < 1.29 is 50.1 Å². The summed E-state index contributed by atoms with van der Waals surface area (Å²) in [7, 11) is 2.86. The second kappa shape index (κ2) is 20.5. The molecule has 0 unspecified atom stereocenters. The van der Waals surface area contributed by atoms with Gasteiger partial charge in [0.1, 0.15) is 5.78 Å². The van der Waals surface area contributed by atoms with Gasteiger partial charge in [-0.1, -0.05) is 64.1 Å². The van der Waals surface area contributed by atoms with Gasteiger partial charge in [-0.15, -0.1) is 0 Å². The molecule has 0 bridgehead atoms. The molecule has 4 aromatic heterocycles. The molecule has 1 fully saturated rings. The lowest BCUT2D eigenvalue weighted by Gasteiger charge is -2.39. The minimum Gasteiger partial charge on any atom is -0.467 e. The Morgan fingerprint density at radius 2 is 1.28 bits per heavy atom. The Morgan fingerprint density at radius 3 is 1.76 bits per heavy atom. The minimum absolute atomic E-state index is 0.0147. The van der Waals surface area contributed by atoms with Crippen LogP contribution in [0.25, 0.3) is 40.2 Å². The van der Waals surface area contributed by atoms with Crippen molar-refractivity contribution in [3.8, 4) is 46.2 Å². The molecule has 0 radical (unpaired) electrons. The van der Waals surface area contributed by atoms with Gasteiger partial charge in [-0.3, -0.25) is 4.79 Å². The average molecular weight is 1000 g/mol. The monoisotopic (exact) mass is 998 g/mol. The number of carbonyl (C=O) groups is 1. The van der Waals surface area contributed by atoms with Crippen LogP contribution in [0.5, 0.6) is 12.0 Å². The number of hydrogen-bond acceptors (Lipinski definition) is 11. The van der Waals surface area contributed by atoms with Crippen LogP contribution in [0.4, 0.5) is 26.3 Å². The maximum absolute atomic E-state index is 13.7. The first-order valence-corrected chi connectivity index (χ1v) is 21.8. The van der Waals surface area contributed by atoms with Crippen LogP contribution in [0.3, 0.4) is 0 Å². The predicted molar refractivity (Wildman–Crippen MR) is 241 cm³/mol. The van der Waals surface area contributed by atoms with Gasteiger partial charge in [-0.25, -0.2) is 19.3 Å². The van der Waals surface area contributed by atoms with Crippen molar-refractivity contribution in [3.63, 3.8) is 0 Å². The van der Waals surface area contributed by atoms with Gasteiger partial charge in [0.15, 0.2) is 17.4 Å². The number of alkyl halides is 6. The van der Waals surface area contributed by atoms with Crippen LogP contribution in [0.2, 0.25) is 0 Å². The number of Topliss-reactive ketones (excluding diaryl/α,β-unsaturated/α-hetero) is 1. The third kappa shape index (κ3) is 12.1. The lowest BCUT2D eigenvalue weighted by molar-refractivity contribution is -0.289. The van der Waals surface area contributed by atoms with E-state index in [0.29, 0.717) is 62.0 Å². The van der Waals surface area contributed by atoms with Crippen LogP contribution in [0, 0.1) is 0 Å². The van der Waals surface area contributed by atoms with E-state index in [1.807, 2.05) is 39.8 Å². The molecule has 5 heterocycles. The van der Waals surface area contributed by atoms with Crippen molar-refractivity contribution in [2.75, 3.05) is 14.2 Å². The summed E-state index contributed by atoms with van der Waals surface area (Å²) in [6.45, 7) is 12.9. The molecule has 6 aromatic rings. The first-order valence-electron chi connectivity index (χ1n) is 21.0. The van der Waals surface area contributed by atoms with Gasteiger partial charge < -0.3 is 18.9 Å². The topological polar surface area (TPSA) is 141 Å². The molecular weight excluding hydrogens is 950 g/mol. The van der Waals surface area contributed by atoms with Crippen LogP contribution in [-0.2, 0) is 26.6 Å². The van der Waals surface area contributed by atoms with E-state index in [4.69, 9.17) is 24.0 Å². The Balaban J connectivity index is 0.000000238. The quantitative estimate of drug-likeness (QED) is 0.108. The van der Waals surface area contributed by atoms with Crippen LogP contribution in [-0.4, -0.2) is 77.5 Å². The second-order valence-electron chi connectivity index (χ2n) is 16.6. The summed E-state index contributed by atoms with van der Waals surface area (Å²) in [5, 5.41) is 9.36. The number of nitrogens with zero attached hydrogens (tertiary/aromatic N) is 8. The van der Waals surface area contributed by atoms with Crippen molar-refractivity contribution in [1.82, 2.24) is 39.5 Å². The molecule has 67 heavy (non-hydrogen) atoms. The number of rotatable bonds is 12. The molecule has 1 aliphatic rings. The number of benzene rings is 2. The highest BCUT2D eigenvalue weighted by Gasteiger charge is 2.36. The van der Waals surface area contributed by atoms with E-state index in [-0.39, 0.29) is 42.2 Å². The molecule has 2 aromatic carbocycles. The standard InChI is InChI=1S/C29H33F3N4O4.C18H16BrF3N4O/c1-17(2)25-23(11-10-21-16-22(14-18(3)37)40-28(4,5)39-21)26(19-8-7-9-20(15-19)29(30,31)32)36(35-25)24-12-13-33-27(34-24)38-6;1-10(2)15-14(19)16(11-5-4-6-12(9-11)18(20,21)22)26(25-15)13-7-8-23-17(24-13)27-3/h7-13,15,17,21-22H,14,16H2,1-6H3;4-10H,1-3H3/b11-10+;/t21-,22+;/m1./s1. The SMILES string of the molecule is COc1nccc(-n2nc(C(C)C)c(/C=C/[C@@H]3C[C@H](CC(C)=O)OC(C)(C)O3)c2-c2cccc(C(F)(F)F)c2)n1.COc1nccc(-n2nc(C(C)C)c(Br)c2-c2cccc(C(F)(F)F)c2)n1. The molecule has 0 N–H and O–H groups in total. The fraction of sp³-hybridized carbons (Fsp3) is 0.383. The van der Waals surface area contributed by atoms with Crippen molar-refractivity contribution in [2.45, 2.75) is 103 Å². The molecule has 20 heteroatoms. The van der Waals surface area contributed by atoms with Gasteiger partial charge in [-0.2, -0.15) is 46.5 Å². The van der Waals surface area contributed by atoms with Gasteiger partial charge in [0, 0.05) is 54.1 Å². The Hall–Kier alpha value is -5.99. The number of hydrogen-bond donors (Lipinski definition) is 0. The zero-order chi connectivity index (χ0) is 49.0. The summed E-state index contributed by atoms with van der Waals surface area (Å²) in [6.07, 6.45) is -2.30. The highest BCUT2D eigenvalue weighted by molar-refractivity contribution is 9.10. The highest BCUT2D eigenvalue weighted by Crippen LogP contribution is 2.40. The van der Waals surface area contributed by atoms with E-state index in [1.54, 1.807) is 38.1 Å². The summed E-state index contributed by atoms with van der Waals surface area (Å²) < 4.78 is 107. The smallest absolute Gasteiger partial charge is 0.416 e. The first kappa shape index (κ1) is 50.4. The number of halogens is 7. The van der Waals surface area contributed by atoms with Crippen LogP contribution in [0.1, 0.15) is 101 Å². The molecule has 0 spiro atoms. The number of ether oxygens (including phenoxy) is 4. The lowest BCUT2D eigenvalue weighted by atomic mass is 9.97. The van der Waals surface area contributed by atoms with Crippen molar-refractivity contribution in [3.05, 3.63) is 112 Å². The zero-order valence-electron chi connectivity index (χ0n) is 38.1. The molecule has 0 amide bonds. The summed E-state index contributed by atoms with van der Waals surface area (Å²) in [6, 6.07) is 13.7. The van der Waals surface area contributed by atoms with E-state index in [0.717, 1.165) is 24.3 Å². The van der Waals surface area contributed by atoms with Gasteiger partial charge in [-0.05, 0) is 72.8 Å². The van der Waals surface area contributed by atoms with E-state index < -0.39 is 35.4 Å². The average Bonchev–Trinajstić information content (AvgIpc) is 3.83. The lowest BCUT2D eigenvalue weighted by Crippen LogP contribution is -2.44. The van der Waals surface area contributed by atoms with Gasteiger partial charge in [0.2, 0.25) is 0 Å². The van der Waals surface area contributed by atoms with E-state index >= 15 is 0 Å². The second-order valence-corrected chi connectivity index (χ2v) is 17.4. The van der Waals surface area contributed by atoms with Crippen LogP contribution >= 0.6 is 15.9 Å². The van der Waals surface area contributed by atoms with Gasteiger partial charge >= 0.3 is 24.4 Å². The van der Waals surface area contributed by atoms with Crippen LogP contribution < -0.4 is 9.47 Å². The molecule has 0 aliphatic carbocycles. The van der Waals surface area contributed by atoms with Crippen LogP contribution in [0.15, 0.2) is 83.6 Å². The van der Waals surface area contributed by atoms with Crippen molar-refractivity contribution in [1.29, 1.82) is 0 Å². The third-order valence-electron chi connectivity index (χ3n) is 10.2. The Bertz CT molecular complexity index is 2730. The predicted octanol–water partition coefficient (Wildman–Crippen LogP) is 11.6. The maximum Gasteiger partial charge on any atom is 0.416 e. The summed E-state index contributed by atoms with van der Waals surface area (Å²) in [4.78, 5) is 28.4. The van der Waals surface area contributed by atoms with Crippen molar-refractivity contribution in [2.24, 2.45) is 0 Å².